The molecule has 0 bridgehead atoms. The molecule has 194 valence electrons. The Bertz CT molecular complexity index is 1600. The van der Waals surface area contributed by atoms with Gasteiger partial charge in [-0.3, -0.25) is 4.79 Å². The quantitative estimate of drug-likeness (QED) is 0.256. The van der Waals surface area contributed by atoms with Gasteiger partial charge < -0.3 is 17.4 Å². The predicted octanol–water partition coefficient (Wildman–Crippen LogP) is -1.87. The van der Waals surface area contributed by atoms with Crippen LogP contribution in [0.25, 0.3) is 22.5 Å². The van der Waals surface area contributed by atoms with E-state index >= 15 is 0 Å². The molecule has 4 aromatic rings. The third-order valence-electron chi connectivity index (χ3n) is 7.30. The average molecular weight is 555 g/mol. The molecule has 0 aliphatic carbocycles. The number of tetrazole rings is 1. The maximum Gasteiger partial charge on any atom is 1.00 e. The molecule has 0 spiro atoms. The third kappa shape index (κ3) is 5.30. The number of benzene rings is 2. The number of nitrogens with one attached hydrogen (secondary N) is 1. The SMILES string of the molecule is CCCCc1nc2c(n1Cc1ccc(-c3ccccc3-c3nn[nH]n3)cc1)C1C(O)=C(C#N)C(=O)N1CC2.[H-].[H-].[Na+].[Na+]. The van der Waals surface area contributed by atoms with Gasteiger partial charge in [0, 0.05) is 31.5 Å². The van der Waals surface area contributed by atoms with Crippen LogP contribution in [0.15, 0.2) is 59.9 Å². The monoisotopic (exact) mass is 554 g/mol. The minimum atomic E-state index is -0.662. The van der Waals surface area contributed by atoms with E-state index in [1.54, 1.807) is 4.90 Å². The van der Waals surface area contributed by atoms with Crippen LogP contribution in [0.1, 0.15) is 51.4 Å². The number of amides is 1. The number of carbonyl (C=O) groups is 1. The van der Waals surface area contributed by atoms with E-state index < -0.39 is 11.9 Å². The summed E-state index contributed by atoms with van der Waals surface area (Å²) in [5.74, 6) is 0.898. The van der Waals surface area contributed by atoms with Gasteiger partial charge in [-0.05, 0) is 28.3 Å². The van der Waals surface area contributed by atoms with Gasteiger partial charge in [0.15, 0.2) is 5.57 Å². The van der Waals surface area contributed by atoms with E-state index in [1.807, 2.05) is 30.3 Å². The van der Waals surface area contributed by atoms with Crippen molar-refractivity contribution in [1.82, 2.24) is 35.1 Å². The van der Waals surface area contributed by atoms with E-state index in [4.69, 9.17) is 4.98 Å². The molecule has 1 unspecified atom stereocenters. The van der Waals surface area contributed by atoms with Crippen molar-refractivity contribution < 1.29 is 71.9 Å². The van der Waals surface area contributed by atoms with E-state index in [2.05, 4.69) is 56.4 Å². The minimum Gasteiger partial charge on any atom is -1.00 e. The first-order valence-electron chi connectivity index (χ1n) is 12.7. The number of rotatable bonds is 7. The Hall–Kier alpha value is -2.78. The molecular formula is C28H28N8Na2O2. The van der Waals surface area contributed by atoms with Crippen LogP contribution in [0.5, 0.6) is 0 Å². The first-order chi connectivity index (χ1) is 18.6. The van der Waals surface area contributed by atoms with Gasteiger partial charge in [0.05, 0.1) is 11.4 Å². The molecule has 1 amide bonds. The van der Waals surface area contributed by atoms with Gasteiger partial charge in [-0.25, -0.2) is 4.98 Å². The fraction of sp³-hybridized carbons (Fsp3) is 0.286. The fourth-order valence-electron chi connectivity index (χ4n) is 5.43. The summed E-state index contributed by atoms with van der Waals surface area (Å²) >= 11 is 0. The summed E-state index contributed by atoms with van der Waals surface area (Å²) in [6, 6.07) is 17.5. The second-order valence-electron chi connectivity index (χ2n) is 9.55. The van der Waals surface area contributed by atoms with E-state index in [1.165, 1.54) is 0 Å². The number of aromatic amines is 1. The van der Waals surface area contributed by atoms with Crippen LogP contribution < -0.4 is 59.1 Å². The summed E-state index contributed by atoms with van der Waals surface area (Å²) < 4.78 is 2.13. The second kappa shape index (κ2) is 12.8. The molecule has 6 rings (SSSR count). The molecule has 40 heavy (non-hydrogen) atoms. The number of hydrogen-bond acceptors (Lipinski definition) is 7. The zero-order valence-corrected chi connectivity index (χ0v) is 26.9. The molecule has 4 heterocycles. The molecule has 0 saturated heterocycles. The molecule has 0 radical (unpaired) electrons. The smallest absolute Gasteiger partial charge is 1.00 e. The average Bonchev–Trinajstić information content (AvgIpc) is 3.66. The number of aromatic nitrogens is 6. The number of carbonyl (C=O) groups excluding carboxylic acids is 1. The van der Waals surface area contributed by atoms with Crippen LogP contribution in [0.2, 0.25) is 0 Å². The first-order valence-corrected chi connectivity index (χ1v) is 12.7. The normalized spacial score (nSPS) is 15.7. The van der Waals surface area contributed by atoms with Crippen LogP contribution in [0.3, 0.4) is 0 Å². The van der Waals surface area contributed by atoms with Gasteiger partial charge in [-0.15, -0.1) is 10.2 Å². The largest absolute Gasteiger partial charge is 1.00 e. The number of fused-ring (bicyclic) bond motifs is 3. The molecule has 1 atom stereocenters. The molecule has 2 aliphatic rings. The Morgan fingerprint density at radius 2 is 1.90 bits per heavy atom. The minimum absolute atomic E-state index is 0. The number of nitrogens with zero attached hydrogens (tertiary/aromatic N) is 7. The van der Waals surface area contributed by atoms with Crippen LogP contribution in [-0.4, -0.2) is 52.6 Å². The van der Waals surface area contributed by atoms with Crippen molar-refractivity contribution in [2.75, 3.05) is 6.54 Å². The molecule has 0 saturated carbocycles. The standard InChI is InChI=1S/C28H26N8O2.2Na.2H/c1-2-3-8-23-30-22-13-14-35-25(26(37)21(15-29)28(35)38)24(22)36(23)16-17-9-11-18(12-10-17)19-6-4-5-7-20(19)27-31-33-34-32-27;;;;/h4-7,9-12,25,37H,2-3,8,13-14,16H2,1H3,(H,31,32,33,34);;;;/q;2*+1;2*-1. The van der Waals surface area contributed by atoms with Crippen molar-refractivity contribution in [2.45, 2.75) is 45.2 Å². The number of imidazole rings is 1. The van der Waals surface area contributed by atoms with Gasteiger partial charge in [-0.1, -0.05) is 61.9 Å². The van der Waals surface area contributed by atoms with E-state index in [0.717, 1.165) is 58.7 Å². The van der Waals surface area contributed by atoms with Crippen molar-refractivity contribution in [2.24, 2.45) is 0 Å². The fourth-order valence-corrected chi connectivity index (χ4v) is 5.43. The topological polar surface area (TPSA) is 137 Å². The van der Waals surface area contributed by atoms with Crippen molar-refractivity contribution in [3.8, 4) is 28.6 Å². The summed E-state index contributed by atoms with van der Waals surface area (Å²) in [6.45, 7) is 3.12. The third-order valence-corrected chi connectivity index (χ3v) is 7.30. The van der Waals surface area contributed by atoms with Gasteiger partial charge in [0.25, 0.3) is 5.91 Å². The Morgan fingerprint density at radius 1 is 1.15 bits per heavy atom. The summed E-state index contributed by atoms with van der Waals surface area (Å²) in [5, 5.41) is 34.8. The van der Waals surface area contributed by atoms with Gasteiger partial charge >= 0.3 is 59.1 Å². The van der Waals surface area contributed by atoms with Gasteiger partial charge in [0.1, 0.15) is 23.7 Å². The van der Waals surface area contributed by atoms with Crippen molar-refractivity contribution in [3.63, 3.8) is 0 Å². The van der Waals surface area contributed by atoms with Crippen LogP contribution in [-0.2, 0) is 24.2 Å². The molecule has 2 aromatic carbocycles. The number of aliphatic hydroxyl groups is 1. The maximum absolute atomic E-state index is 12.8. The molecule has 2 aliphatic heterocycles. The van der Waals surface area contributed by atoms with E-state index in [9.17, 15) is 15.2 Å². The summed E-state index contributed by atoms with van der Waals surface area (Å²) in [6.07, 6.45) is 3.42. The van der Waals surface area contributed by atoms with Crippen molar-refractivity contribution in [1.29, 1.82) is 5.26 Å². The molecule has 12 heteroatoms. The van der Waals surface area contributed by atoms with Gasteiger partial charge in [-0.2, -0.15) is 10.5 Å². The molecular weight excluding hydrogens is 526 g/mol. The van der Waals surface area contributed by atoms with Crippen molar-refractivity contribution >= 4 is 5.91 Å². The Morgan fingerprint density at radius 3 is 2.58 bits per heavy atom. The number of nitriles is 1. The zero-order valence-electron chi connectivity index (χ0n) is 24.9. The summed E-state index contributed by atoms with van der Waals surface area (Å²) in [5.41, 5.74) is 5.51. The summed E-state index contributed by atoms with van der Waals surface area (Å²) in [4.78, 5) is 19.3. The number of unbranched alkanes of at least 4 members (excludes halogenated alkanes) is 1. The van der Waals surface area contributed by atoms with Crippen LogP contribution >= 0.6 is 0 Å². The Balaban J connectivity index is 0.00000154. The Labute approximate surface area is 279 Å². The number of H-pyrrole nitrogens is 1. The molecule has 10 nitrogen and oxygen atoms in total. The molecule has 0 fully saturated rings. The molecule has 2 N–H and O–H groups in total. The second-order valence-corrected chi connectivity index (χ2v) is 9.55. The van der Waals surface area contributed by atoms with E-state index in [0.29, 0.717) is 25.3 Å². The van der Waals surface area contributed by atoms with Crippen LogP contribution in [0.4, 0.5) is 0 Å². The zero-order chi connectivity index (χ0) is 26.2. The van der Waals surface area contributed by atoms with Crippen molar-refractivity contribution in [3.05, 3.63) is 82.6 Å². The van der Waals surface area contributed by atoms with Crippen LogP contribution in [0, 0.1) is 11.3 Å². The van der Waals surface area contributed by atoms with E-state index in [-0.39, 0.29) is 73.3 Å². The maximum atomic E-state index is 12.8. The number of aliphatic hydroxyl groups excluding tert-OH is 1. The number of hydrogen-bond donors (Lipinski definition) is 2. The molecule has 2 aromatic heterocycles. The van der Waals surface area contributed by atoms with Gasteiger partial charge in [0.2, 0.25) is 5.82 Å². The first kappa shape index (κ1) is 30.2. The summed E-state index contributed by atoms with van der Waals surface area (Å²) in [7, 11) is 0. The number of aryl methyl sites for hydroxylation is 1. The predicted molar refractivity (Wildman–Crippen MR) is 141 cm³/mol. The Kier molecular flexibility index (Phi) is 9.67.